The molecule has 0 aliphatic carbocycles. The van der Waals surface area contributed by atoms with Gasteiger partial charge in [-0.3, -0.25) is 4.79 Å². The number of nitrogens with one attached hydrogen (secondary N) is 2. The summed E-state index contributed by atoms with van der Waals surface area (Å²) < 4.78 is 10.8. The first-order valence-corrected chi connectivity index (χ1v) is 10.8. The van der Waals surface area contributed by atoms with E-state index in [0.717, 1.165) is 49.3 Å². The standard InChI is InChI=1S/C24H30N4O3/c1-16-13-20(6-7-21(16)28-10-12-31-17(2)15-28)27-23-22-18(8-9-25-24(22)29)14-19(26-23)5-4-11-30-3/h6-9,13-14,17H,4-5,10-12,15H2,1-3H3,(H,25,29)(H,26,27)/t17-/m1/s1. The van der Waals surface area contributed by atoms with Crippen LogP contribution in [0.3, 0.4) is 0 Å². The number of aromatic amines is 1. The van der Waals surface area contributed by atoms with E-state index in [1.54, 1.807) is 13.3 Å². The van der Waals surface area contributed by atoms with Crippen LogP contribution in [0.25, 0.3) is 10.8 Å². The average molecular weight is 423 g/mol. The first-order chi connectivity index (χ1) is 15.0. The Balaban J connectivity index is 1.64. The van der Waals surface area contributed by atoms with Crippen LogP contribution in [0.1, 0.15) is 24.6 Å². The van der Waals surface area contributed by atoms with Gasteiger partial charge in [0.25, 0.3) is 5.56 Å². The Morgan fingerprint density at radius 3 is 2.97 bits per heavy atom. The van der Waals surface area contributed by atoms with Crippen molar-refractivity contribution < 1.29 is 9.47 Å². The van der Waals surface area contributed by atoms with Gasteiger partial charge in [0.2, 0.25) is 0 Å². The second-order valence-corrected chi connectivity index (χ2v) is 8.08. The van der Waals surface area contributed by atoms with Gasteiger partial charge >= 0.3 is 0 Å². The summed E-state index contributed by atoms with van der Waals surface area (Å²) in [5, 5.41) is 4.84. The van der Waals surface area contributed by atoms with E-state index in [4.69, 9.17) is 14.5 Å². The van der Waals surface area contributed by atoms with Crippen LogP contribution in [-0.4, -0.2) is 49.5 Å². The van der Waals surface area contributed by atoms with Gasteiger partial charge in [-0.05, 0) is 68.0 Å². The van der Waals surface area contributed by atoms with Crippen LogP contribution < -0.4 is 15.8 Å². The maximum Gasteiger partial charge on any atom is 0.259 e. The molecule has 0 bridgehead atoms. The average Bonchev–Trinajstić information content (AvgIpc) is 2.74. The largest absolute Gasteiger partial charge is 0.385 e. The van der Waals surface area contributed by atoms with E-state index in [-0.39, 0.29) is 11.7 Å². The Kier molecular flexibility index (Phi) is 6.53. The number of anilines is 3. The molecule has 164 valence electrons. The van der Waals surface area contributed by atoms with Gasteiger partial charge in [-0.1, -0.05) is 0 Å². The fraction of sp³-hybridized carbons (Fsp3) is 0.417. The lowest BCUT2D eigenvalue weighted by Crippen LogP contribution is -2.41. The normalized spacial score (nSPS) is 16.6. The molecule has 4 rings (SSSR count). The number of methoxy groups -OCH3 is 1. The summed E-state index contributed by atoms with van der Waals surface area (Å²) in [6.45, 7) is 7.42. The molecule has 1 aliphatic rings. The van der Waals surface area contributed by atoms with Crippen molar-refractivity contribution >= 4 is 28.0 Å². The van der Waals surface area contributed by atoms with E-state index in [1.165, 1.54) is 11.3 Å². The van der Waals surface area contributed by atoms with Gasteiger partial charge in [-0.25, -0.2) is 4.98 Å². The van der Waals surface area contributed by atoms with Crippen molar-refractivity contribution in [2.75, 3.05) is 43.6 Å². The third-order valence-corrected chi connectivity index (χ3v) is 5.63. The Hall–Kier alpha value is -2.90. The van der Waals surface area contributed by atoms with Crippen molar-refractivity contribution in [3.8, 4) is 0 Å². The summed E-state index contributed by atoms with van der Waals surface area (Å²) in [5.41, 5.74) is 4.09. The Morgan fingerprint density at radius 2 is 2.19 bits per heavy atom. The minimum absolute atomic E-state index is 0.147. The number of nitrogens with zero attached hydrogens (tertiary/aromatic N) is 2. The molecule has 1 aromatic carbocycles. The number of pyridine rings is 2. The summed E-state index contributed by atoms with van der Waals surface area (Å²) in [7, 11) is 1.70. The number of rotatable bonds is 7. The number of fused-ring (bicyclic) bond motifs is 1. The highest BCUT2D eigenvalue weighted by atomic mass is 16.5. The van der Waals surface area contributed by atoms with Gasteiger partial charge in [0.05, 0.1) is 18.1 Å². The summed E-state index contributed by atoms with van der Waals surface area (Å²) in [4.78, 5) is 22.4. The summed E-state index contributed by atoms with van der Waals surface area (Å²) >= 11 is 0. The molecule has 3 aromatic rings. The zero-order valence-corrected chi connectivity index (χ0v) is 18.4. The SMILES string of the molecule is COCCCc1cc2cc[nH]c(=O)c2c(Nc2ccc(N3CCO[C@H](C)C3)c(C)c2)n1. The van der Waals surface area contributed by atoms with Crippen LogP contribution in [-0.2, 0) is 15.9 Å². The summed E-state index contributed by atoms with van der Waals surface area (Å²) in [6, 6.07) is 10.2. The minimum Gasteiger partial charge on any atom is -0.385 e. The zero-order valence-electron chi connectivity index (χ0n) is 18.4. The molecular formula is C24H30N4O3. The fourth-order valence-electron chi connectivity index (χ4n) is 4.15. The molecule has 0 spiro atoms. The Morgan fingerprint density at radius 1 is 1.32 bits per heavy atom. The lowest BCUT2D eigenvalue weighted by atomic mass is 10.1. The van der Waals surface area contributed by atoms with Crippen LogP contribution in [0.4, 0.5) is 17.2 Å². The van der Waals surface area contributed by atoms with Crippen molar-refractivity contribution in [1.29, 1.82) is 0 Å². The molecule has 1 atom stereocenters. The van der Waals surface area contributed by atoms with Gasteiger partial charge in [0.1, 0.15) is 5.82 Å². The third-order valence-electron chi connectivity index (χ3n) is 5.63. The van der Waals surface area contributed by atoms with Crippen molar-refractivity contribution in [2.24, 2.45) is 0 Å². The van der Waals surface area contributed by atoms with Crippen molar-refractivity contribution in [3.63, 3.8) is 0 Å². The highest BCUT2D eigenvalue weighted by Gasteiger charge is 2.18. The molecule has 31 heavy (non-hydrogen) atoms. The number of ether oxygens (including phenoxy) is 2. The topological polar surface area (TPSA) is 79.5 Å². The predicted molar refractivity (Wildman–Crippen MR) is 125 cm³/mol. The van der Waals surface area contributed by atoms with E-state index >= 15 is 0 Å². The van der Waals surface area contributed by atoms with Crippen molar-refractivity contribution in [3.05, 3.63) is 58.1 Å². The fourth-order valence-corrected chi connectivity index (χ4v) is 4.15. The van der Waals surface area contributed by atoms with E-state index < -0.39 is 0 Å². The van der Waals surface area contributed by atoms with E-state index in [1.807, 2.05) is 18.2 Å². The molecule has 0 radical (unpaired) electrons. The van der Waals surface area contributed by atoms with Crippen LogP contribution in [0, 0.1) is 6.92 Å². The molecule has 1 fully saturated rings. The van der Waals surface area contributed by atoms with Crippen molar-refractivity contribution in [2.45, 2.75) is 32.8 Å². The predicted octanol–water partition coefficient (Wildman–Crippen LogP) is 3.78. The lowest BCUT2D eigenvalue weighted by Gasteiger charge is -2.34. The van der Waals surface area contributed by atoms with Crippen LogP contribution >= 0.6 is 0 Å². The highest BCUT2D eigenvalue weighted by molar-refractivity contribution is 5.93. The molecule has 0 saturated carbocycles. The molecule has 1 aliphatic heterocycles. The number of hydrogen-bond acceptors (Lipinski definition) is 6. The second kappa shape index (κ2) is 9.49. The maximum absolute atomic E-state index is 12.5. The quantitative estimate of drug-likeness (QED) is 0.564. The van der Waals surface area contributed by atoms with E-state index in [2.05, 4.69) is 41.2 Å². The molecular weight excluding hydrogens is 392 g/mol. The Labute approximate surface area is 182 Å². The van der Waals surface area contributed by atoms with Gasteiger partial charge < -0.3 is 24.7 Å². The molecule has 0 amide bonds. The highest BCUT2D eigenvalue weighted by Crippen LogP contribution is 2.28. The molecule has 3 heterocycles. The Bertz CT molecular complexity index is 1110. The maximum atomic E-state index is 12.5. The van der Waals surface area contributed by atoms with E-state index in [9.17, 15) is 4.79 Å². The molecule has 1 saturated heterocycles. The number of H-pyrrole nitrogens is 1. The summed E-state index contributed by atoms with van der Waals surface area (Å²) in [6.07, 6.45) is 3.58. The number of hydrogen-bond donors (Lipinski definition) is 2. The molecule has 0 unspecified atom stereocenters. The molecule has 7 heteroatoms. The van der Waals surface area contributed by atoms with Gasteiger partial charge in [-0.15, -0.1) is 0 Å². The zero-order chi connectivity index (χ0) is 21.8. The van der Waals surface area contributed by atoms with Crippen LogP contribution in [0.2, 0.25) is 0 Å². The monoisotopic (exact) mass is 422 g/mol. The lowest BCUT2D eigenvalue weighted by molar-refractivity contribution is 0.0532. The first-order valence-electron chi connectivity index (χ1n) is 10.8. The van der Waals surface area contributed by atoms with Crippen LogP contribution in [0.5, 0.6) is 0 Å². The number of benzene rings is 1. The van der Waals surface area contributed by atoms with Crippen LogP contribution in [0.15, 0.2) is 41.3 Å². The third kappa shape index (κ3) is 4.89. The van der Waals surface area contributed by atoms with Gasteiger partial charge in [0.15, 0.2) is 0 Å². The van der Waals surface area contributed by atoms with Gasteiger partial charge in [-0.2, -0.15) is 0 Å². The summed E-state index contributed by atoms with van der Waals surface area (Å²) in [5.74, 6) is 0.582. The number of aromatic nitrogens is 2. The first kappa shape index (κ1) is 21.3. The van der Waals surface area contributed by atoms with E-state index in [0.29, 0.717) is 17.8 Å². The minimum atomic E-state index is -0.147. The molecule has 2 N–H and O–H groups in total. The number of aryl methyl sites for hydroxylation is 2. The van der Waals surface area contributed by atoms with Gasteiger partial charge in [0, 0.05) is 50.1 Å². The number of morpholine rings is 1. The molecule has 2 aromatic heterocycles. The smallest absolute Gasteiger partial charge is 0.259 e. The second-order valence-electron chi connectivity index (χ2n) is 8.08. The van der Waals surface area contributed by atoms with Crippen molar-refractivity contribution in [1.82, 2.24) is 9.97 Å². The molecule has 7 nitrogen and oxygen atoms in total.